The summed E-state index contributed by atoms with van der Waals surface area (Å²) in [7, 11) is 0. The van der Waals surface area contributed by atoms with Gasteiger partial charge in [-0.3, -0.25) is 9.59 Å². The Morgan fingerprint density at radius 3 is 2.24 bits per heavy atom. The first-order chi connectivity index (χ1) is 9.97. The highest BCUT2D eigenvalue weighted by Crippen LogP contribution is 2.09. The summed E-state index contributed by atoms with van der Waals surface area (Å²) in [5.41, 5.74) is 6.48. The molecule has 0 aliphatic carbocycles. The van der Waals surface area contributed by atoms with Crippen LogP contribution >= 0.6 is 0 Å². The van der Waals surface area contributed by atoms with Crippen LogP contribution in [0.3, 0.4) is 0 Å². The number of carbonyl (C=O) groups is 3. The molecule has 0 aliphatic rings. The minimum Gasteiger partial charge on any atom is -0.481 e. The SMILES string of the molecule is NC(=O)Nc1ccc(CNC(=O)CCCCC(=O)O)cc1. The number of hydrogen-bond acceptors (Lipinski definition) is 3. The number of aliphatic carboxylic acids is 1. The van der Waals surface area contributed by atoms with Crippen LogP contribution in [0.15, 0.2) is 24.3 Å². The maximum absolute atomic E-state index is 11.5. The standard InChI is InChI=1S/C14H19N3O4/c15-14(21)17-11-7-5-10(6-8-11)9-16-12(18)3-1-2-4-13(19)20/h5-8H,1-4,9H2,(H,16,18)(H,19,20)(H3,15,17,21). The number of nitrogens with two attached hydrogens (primary N) is 1. The molecule has 0 spiro atoms. The second kappa shape index (κ2) is 8.57. The largest absolute Gasteiger partial charge is 0.481 e. The van der Waals surface area contributed by atoms with E-state index in [2.05, 4.69) is 10.6 Å². The molecule has 0 heterocycles. The number of hydrogen-bond donors (Lipinski definition) is 4. The summed E-state index contributed by atoms with van der Waals surface area (Å²) >= 11 is 0. The van der Waals surface area contributed by atoms with Crippen LogP contribution in [0.1, 0.15) is 31.2 Å². The minimum atomic E-state index is -0.847. The number of primary amides is 1. The van der Waals surface area contributed by atoms with Gasteiger partial charge >= 0.3 is 12.0 Å². The number of unbranched alkanes of at least 4 members (excludes halogenated alkanes) is 1. The monoisotopic (exact) mass is 293 g/mol. The van der Waals surface area contributed by atoms with Gasteiger partial charge in [-0.2, -0.15) is 0 Å². The number of nitrogens with one attached hydrogen (secondary N) is 2. The van der Waals surface area contributed by atoms with Crippen LogP contribution in [0, 0.1) is 0 Å². The number of carboxylic acid groups (broad SMARTS) is 1. The van der Waals surface area contributed by atoms with E-state index in [1.54, 1.807) is 24.3 Å². The van der Waals surface area contributed by atoms with Crippen molar-refractivity contribution in [3.8, 4) is 0 Å². The van der Waals surface area contributed by atoms with Gasteiger partial charge in [0.25, 0.3) is 0 Å². The molecule has 21 heavy (non-hydrogen) atoms. The first-order valence-corrected chi connectivity index (χ1v) is 6.61. The summed E-state index contributed by atoms with van der Waals surface area (Å²) in [6.45, 7) is 0.384. The average molecular weight is 293 g/mol. The maximum Gasteiger partial charge on any atom is 0.316 e. The highest BCUT2D eigenvalue weighted by molar-refractivity contribution is 5.87. The number of urea groups is 1. The third-order valence-corrected chi connectivity index (χ3v) is 2.76. The van der Waals surface area contributed by atoms with Crippen molar-refractivity contribution in [3.05, 3.63) is 29.8 Å². The Morgan fingerprint density at radius 1 is 1.05 bits per heavy atom. The lowest BCUT2D eigenvalue weighted by Crippen LogP contribution is -2.22. The predicted molar refractivity (Wildman–Crippen MR) is 77.6 cm³/mol. The van der Waals surface area contributed by atoms with Crippen molar-refractivity contribution in [1.82, 2.24) is 5.32 Å². The number of benzene rings is 1. The van der Waals surface area contributed by atoms with Gasteiger partial charge in [0.2, 0.25) is 5.91 Å². The number of carboxylic acids is 1. The molecular formula is C14H19N3O4. The van der Waals surface area contributed by atoms with Gasteiger partial charge in [0.05, 0.1) is 0 Å². The third-order valence-electron chi connectivity index (χ3n) is 2.76. The molecule has 1 rings (SSSR count). The first-order valence-electron chi connectivity index (χ1n) is 6.61. The molecular weight excluding hydrogens is 274 g/mol. The molecule has 5 N–H and O–H groups in total. The molecule has 7 nitrogen and oxygen atoms in total. The summed E-state index contributed by atoms with van der Waals surface area (Å²) in [6.07, 6.45) is 1.45. The summed E-state index contributed by atoms with van der Waals surface area (Å²) < 4.78 is 0. The molecule has 0 aliphatic heterocycles. The van der Waals surface area contributed by atoms with E-state index < -0.39 is 12.0 Å². The van der Waals surface area contributed by atoms with E-state index in [0.29, 0.717) is 31.5 Å². The van der Waals surface area contributed by atoms with Crippen molar-refractivity contribution < 1.29 is 19.5 Å². The van der Waals surface area contributed by atoms with Gasteiger partial charge in [0.1, 0.15) is 0 Å². The predicted octanol–water partition coefficient (Wildman–Crippen LogP) is 1.44. The first kappa shape index (κ1) is 16.5. The Morgan fingerprint density at radius 2 is 1.67 bits per heavy atom. The molecule has 1 aromatic carbocycles. The van der Waals surface area contributed by atoms with Crippen molar-refractivity contribution in [2.75, 3.05) is 5.32 Å². The van der Waals surface area contributed by atoms with E-state index >= 15 is 0 Å². The van der Waals surface area contributed by atoms with E-state index in [0.717, 1.165) is 5.56 Å². The Kier molecular flexibility index (Phi) is 6.73. The van der Waals surface area contributed by atoms with E-state index in [-0.39, 0.29) is 12.3 Å². The molecule has 3 amide bonds. The molecule has 0 aromatic heterocycles. The van der Waals surface area contributed by atoms with E-state index in [1.165, 1.54) is 0 Å². The number of anilines is 1. The van der Waals surface area contributed by atoms with Crippen molar-refractivity contribution in [3.63, 3.8) is 0 Å². The van der Waals surface area contributed by atoms with Crippen LogP contribution in [-0.2, 0) is 16.1 Å². The lowest BCUT2D eigenvalue weighted by Gasteiger charge is -2.06. The highest BCUT2D eigenvalue weighted by Gasteiger charge is 2.03. The highest BCUT2D eigenvalue weighted by atomic mass is 16.4. The fourth-order valence-corrected chi connectivity index (χ4v) is 1.70. The molecule has 0 radical (unpaired) electrons. The smallest absolute Gasteiger partial charge is 0.316 e. The topological polar surface area (TPSA) is 122 Å². The molecule has 7 heteroatoms. The molecule has 0 unspecified atom stereocenters. The van der Waals surface area contributed by atoms with Gasteiger partial charge in [0.15, 0.2) is 0 Å². The van der Waals surface area contributed by atoms with Crippen LogP contribution < -0.4 is 16.4 Å². The summed E-state index contributed by atoms with van der Waals surface area (Å²) in [4.78, 5) is 32.5. The number of amides is 3. The quantitative estimate of drug-likeness (QED) is 0.542. The zero-order valence-electron chi connectivity index (χ0n) is 11.6. The zero-order valence-corrected chi connectivity index (χ0v) is 11.6. The molecule has 1 aromatic rings. The van der Waals surface area contributed by atoms with Crippen molar-refractivity contribution in [1.29, 1.82) is 0 Å². The van der Waals surface area contributed by atoms with Crippen LogP contribution in [-0.4, -0.2) is 23.0 Å². The van der Waals surface area contributed by atoms with Crippen molar-refractivity contribution >= 4 is 23.6 Å². The van der Waals surface area contributed by atoms with E-state index in [9.17, 15) is 14.4 Å². The van der Waals surface area contributed by atoms with Gasteiger partial charge in [-0.1, -0.05) is 12.1 Å². The number of carbonyl (C=O) groups excluding carboxylic acids is 2. The summed E-state index contributed by atoms with van der Waals surface area (Å²) in [5, 5.41) is 13.7. The molecule has 0 saturated heterocycles. The van der Waals surface area contributed by atoms with Crippen molar-refractivity contribution in [2.24, 2.45) is 5.73 Å². The Hall–Kier alpha value is -2.57. The van der Waals surface area contributed by atoms with Gasteiger partial charge < -0.3 is 21.5 Å². The van der Waals surface area contributed by atoms with E-state index in [1.807, 2.05) is 0 Å². The Balaban J connectivity index is 2.26. The molecule has 0 atom stereocenters. The Bertz CT molecular complexity index is 499. The van der Waals surface area contributed by atoms with Crippen LogP contribution in [0.4, 0.5) is 10.5 Å². The maximum atomic E-state index is 11.5. The van der Waals surface area contributed by atoms with Gasteiger partial charge in [-0.25, -0.2) is 4.79 Å². The fourth-order valence-electron chi connectivity index (χ4n) is 1.70. The second-order valence-electron chi connectivity index (χ2n) is 4.56. The lowest BCUT2D eigenvalue weighted by atomic mass is 10.1. The van der Waals surface area contributed by atoms with Crippen LogP contribution in [0.5, 0.6) is 0 Å². The molecule has 0 saturated carbocycles. The third kappa shape index (κ3) is 7.56. The van der Waals surface area contributed by atoms with Crippen molar-refractivity contribution in [2.45, 2.75) is 32.2 Å². The van der Waals surface area contributed by atoms with E-state index in [4.69, 9.17) is 10.8 Å². The van der Waals surface area contributed by atoms with Crippen LogP contribution in [0.2, 0.25) is 0 Å². The second-order valence-corrected chi connectivity index (χ2v) is 4.56. The fraction of sp³-hybridized carbons (Fsp3) is 0.357. The van der Waals surface area contributed by atoms with Gasteiger partial charge in [-0.05, 0) is 30.5 Å². The van der Waals surface area contributed by atoms with Gasteiger partial charge in [0, 0.05) is 25.1 Å². The zero-order chi connectivity index (χ0) is 15.7. The summed E-state index contributed by atoms with van der Waals surface area (Å²) in [5.74, 6) is -0.959. The summed E-state index contributed by atoms with van der Waals surface area (Å²) in [6, 6.07) is 6.31. The normalized spacial score (nSPS) is 9.90. The Labute approximate surface area is 122 Å². The lowest BCUT2D eigenvalue weighted by molar-refractivity contribution is -0.137. The minimum absolute atomic E-state index is 0.0849. The van der Waals surface area contributed by atoms with Crippen LogP contribution in [0.25, 0.3) is 0 Å². The average Bonchev–Trinajstić information content (AvgIpc) is 2.42. The number of rotatable bonds is 8. The molecule has 0 bridgehead atoms. The molecule has 0 fully saturated rings. The molecule has 114 valence electrons. The van der Waals surface area contributed by atoms with Gasteiger partial charge in [-0.15, -0.1) is 0 Å².